The molecule has 0 radical (unpaired) electrons. The first-order chi connectivity index (χ1) is 10.7. The van der Waals surface area contributed by atoms with E-state index in [0.29, 0.717) is 11.9 Å². The van der Waals surface area contributed by atoms with Gasteiger partial charge in [-0.15, -0.1) is 10.2 Å². The van der Waals surface area contributed by atoms with Gasteiger partial charge in [0, 0.05) is 5.56 Å². The van der Waals surface area contributed by atoms with E-state index in [1.54, 1.807) is 11.3 Å². The monoisotopic (exact) mass is 334 g/mol. The molecule has 0 unspecified atom stereocenters. The third-order valence-electron chi connectivity index (χ3n) is 3.01. The average molecular weight is 334 g/mol. The van der Waals surface area contributed by atoms with Crippen molar-refractivity contribution in [2.45, 2.75) is 31.8 Å². The van der Waals surface area contributed by atoms with Crippen molar-refractivity contribution in [2.75, 3.05) is 6.61 Å². The number of nitrogens with zero attached hydrogens (tertiary/aromatic N) is 4. The van der Waals surface area contributed by atoms with Crippen LogP contribution in [0.3, 0.4) is 0 Å². The summed E-state index contributed by atoms with van der Waals surface area (Å²) in [4.78, 5) is 0.836. The quantitative estimate of drug-likeness (QED) is 0.684. The molecule has 22 heavy (non-hydrogen) atoms. The van der Waals surface area contributed by atoms with Crippen LogP contribution in [-0.4, -0.2) is 31.7 Å². The predicted molar refractivity (Wildman–Crippen MR) is 91.7 cm³/mol. The molecule has 1 aromatic carbocycles. The van der Waals surface area contributed by atoms with Crippen molar-refractivity contribution >= 4 is 28.1 Å². The van der Waals surface area contributed by atoms with Crippen molar-refractivity contribution in [3.8, 4) is 16.3 Å². The molecule has 3 aromatic rings. The van der Waals surface area contributed by atoms with Gasteiger partial charge in [-0.2, -0.15) is 21.4 Å². The molecule has 0 amide bonds. The van der Waals surface area contributed by atoms with E-state index in [9.17, 15) is 0 Å². The maximum absolute atomic E-state index is 5.47. The number of hydrogen-bond donors (Lipinski definition) is 0. The molecule has 0 saturated carbocycles. The summed E-state index contributed by atoms with van der Waals surface area (Å²) in [6.45, 7) is 7.00. The fourth-order valence-electron chi connectivity index (χ4n) is 1.97. The number of aromatic nitrogens is 4. The maximum Gasteiger partial charge on any atom is 0.235 e. The number of ether oxygens (including phenoxy) is 1. The summed E-state index contributed by atoms with van der Waals surface area (Å²) in [6.07, 6.45) is 0. The largest absolute Gasteiger partial charge is 0.494 e. The zero-order chi connectivity index (χ0) is 15.5. The molecule has 0 N–H and O–H groups in total. The minimum absolute atomic E-state index is 0.566. The Morgan fingerprint density at radius 2 is 2.00 bits per heavy atom. The Balaban J connectivity index is 1.85. The van der Waals surface area contributed by atoms with Crippen LogP contribution in [0, 0.1) is 0 Å². The van der Waals surface area contributed by atoms with Crippen LogP contribution < -0.4 is 4.74 Å². The van der Waals surface area contributed by atoms with Crippen LogP contribution in [0.5, 0.6) is 5.75 Å². The Morgan fingerprint density at radius 3 is 2.68 bits per heavy atom. The van der Waals surface area contributed by atoms with E-state index in [4.69, 9.17) is 4.74 Å². The predicted octanol–water partition coefficient (Wildman–Crippen LogP) is 3.89. The van der Waals surface area contributed by atoms with E-state index in [1.807, 2.05) is 47.5 Å². The van der Waals surface area contributed by atoms with E-state index in [1.165, 1.54) is 0 Å². The summed E-state index contributed by atoms with van der Waals surface area (Å²) in [6, 6.07) is 7.99. The van der Waals surface area contributed by atoms with Crippen molar-refractivity contribution in [2.24, 2.45) is 0 Å². The molecule has 0 spiro atoms. The summed E-state index contributed by atoms with van der Waals surface area (Å²) in [5, 5.41) is 14.6. The van der Waals surface area contributed by atoms with Crippen molar-refractivity contribution in [1.29, 1.82) is 0 Å². The van der Waals surface area contributed by atoms with Crippen LogP contribution in [0.2, 0.25) is 0 Å². The minimum atomic E-state index is 0.566. The van der Waals surface area contributed by atoms with Gasteiger partial charge in [-0.05, 0) is 36.4 Å². The smallest absolute Gasteiger partial charge is 0.235 e. The second-order valence-electron chi connectivity index (χ2n) is 5.03. The highest BCUT2D eigenvalue weighted by Gasteiger charge is 2.13. The standard InChI is InChI=1S/C15H18N4OS2/c1-4-20-12-7-5-11(6-8-12)14-18-19-13(9-21-10(2)3)16-17-15(19)22-14/h5-8,10H,4,9H2,1-3H3. The van der Waals surface area contributed by atoms with Crippen molar-refractivity contribution < 1.29 is 4.74 Å². The third kappa shape index (κ3) is 3.25. The van der Waals surface area contributed by atoms with Gasteiger partial charge >= 0.3 is 0 Å². The SMILES string of the molecule is CCOc1ccc(-c2nn3c(CSC(C)C)nnc3s2)cc1. The van der Waals surface area contributed by atoms with Gasteiger partial charge in [0.25, 0.3) is 0 Å². The molecule has 3 rings (SSSR count). The molecule has 0 aliphatic heterocycles. The van der Waals surface area contributed by atoms with Crippen molar-refractivity contribution in [1.82, 2.24) is 19.8 Å². The molecule has 2 heterocycles. The summed E-state index contributed by atoms with van der Waals surface area (Å²) < 4.78 is 7.32. The van der Waals surface area contributed by atoms with Gasteiger partial charge in [-0.1, -0.05) is 25.2 Å². The molecule has 2 aromatic heterocycles. The van der Waals surface area contributed by atoms with Crippen molar-refractivity contribution in [3.63, 3.8) is 0 Å². The fraction of sp³-hybridized carbons (Fsp3) is 0.400. The lowest BCUT2D eigenvalue weighted by atomic mass is 10.2. The first-order valence-corrected chi connectivity index (χ1v) is 9.10. The van der Waals surface area contributed by atoms with Crippen LogP contribution in [-0.2, 0) is 5.75 Å². The van der Waals surface area contributed by atoms with Crippen molar-refractivity contribution in [3.05, 3.63) is 30.1 Å². The van der Waals surface area contributed by atoms with Crippen LogP contribution in [0.25, 0.3) is 15.5 Å². The Bertz CT molecular complexity index is 749. The van der Waals surface area contributed by atoms with Gasteiger partial charge in [0.15, 0.2) is 5.82 Å². The van der Waals surface area contributed by atoms with Gasteiger partial charge in [0.1, 0.15) is 10.8 Å². The highest BCUT2D eigenvalue weighted by atomic mass is 32.2. The second kappa shape index (κ2) is 6.66. The number of thioether (sulfide) groups is 1. The van der Waals surface area contributed by atoms with Crippen LogP contribution in [0.15, 0.2) is 24.3 Å². The normalized spacial score (nSPS) is 11.5. The molecule has 0 aliphatic rings. The first-order valence-electron chi connectivity index (χ1n) is 7.23. The number of hydrogen-bond acceptors (Lipinski definition) is 6. The molecule has 0 atom stereocenters. The number of fused-ring (bicyclic) bond motifs is 1. The molecule has 5 nitrogen and oxygen atoms in total. The first kappa shape index (κ1) is 15.3. The average Bonchev–Trinajstić information content (AvgIpc) is 3.07. The van der Waals surface area contributed by atoms with Crippen LogP contribution in [0.1, 0.15) is 26.6 Å². The zero-order valence-corrected chi connectivity index (χ0v) is 14.4. The highest BCUT2D eigenvalue weighted by Crippen LogP contribution is 2.28. The lowest BCUT2D eigenvalue weighted by molar-refractivity contribution is 0.340. The van der Waals surface area contributed by atoms with Crippen LogP contribution >= 0.6 is 23.1 Å². The molecule has 0 fully saturated rings. The maximum atomic E-state index is 5.47. The summed E-state index contributed by atoms with van der Waals surface area (Å²) in [7, 11) is 0. The molecular weight excluding hydrogens is 316 g/mol. The van der Waals surface area contributed by atoms with E-state index < -0.39 is 0 Å². The molecule has 116 valence electrons. The summed E-state index contributed by atoms with van der Waals surface area (Å²) in [5.74, 6) is 2.61. The van der Waals surface area contributed by atoms with Gasteiger partial charge < -0.3 is 4.74 Å². The fourth-order valence-corrected chi connectivity index (χ4v) is 3.49. The Labute approximate surface area is 137 Å². The lowest BCUT2D eigenvalue weighted by Crippen LogP contribution is -1.97. The third-order valence-corrected chi connectivity index (χ3v) is 5.05. The molecule has 0 aliphatic carbocycles. The van der Waals surface area contributed by atoms with E-state index in [2.05, 4.69) is 29.1 Å². The van der Waals surface area contributed by atoms with Gasteiger partial charge in [0.2, 0.25) is 4.96 Å². The van der Waals surface area contributed by atoms with Crippen LogP contribution in [0.4, 0.5) is 0 Å². The second-order valence-corrected chi connectivity index (χ2v) is 7.56. The topological polar surface area (TPSA) is 52.3 Å². The van der Waals surface area contributed by atoms with Gasteiger partial charge in [-0.25, -0.2) is 0 Å². The summed E-state index contributed by atoms with van der Waals surface area (Å²) >= 11 is 3.39. The number of benzene rings is 1. The number of rotatable bonds is 6. The molecule has 7 heteroatoms. The Hall–Kier alpha value is -1.60. The Morgan fingerprint density at radius 1 is 1.23 bits per heavy atom. The molecule has 0 bridgehead atoms. The highest BCUT2D eigenvalue weighted by molar-refractivity contribution is 7.99. The van der Waals surface area contributed by atoms with E-state index in [0.717, 1.165) is 32.9 Å². The van der Waals surface area contributed by atoms with E-state index in [-0.39, 0.29) is 0 Å². The van der Waals surface area contributed by atoms with Gasteiger partial charge in [0.05, 0.1) is 12.4 Å². The van der Waals surface area contributed by atoms with E-state index >= 15 is 0 Å². The molecular formula is C15H18N4OS2. The Kier molecular flexibility index (Phi) is 4.63. The zero-order valence-electron chi connectivity index (χ0n) is 12.8. The summed E-state index contributed by atoms with van der Waals surface area (Å²) in [5.41, 5.74) is 1.07. The van der Waals surface area contributed by atoms with Gasteiger partial charge in [-0.3, -0.25) is 0 Å². The molecule has 0 saturated heterocycles. The lowest BCUT2D eigenvalue weighted by Gasteiger charge is -2.03. The minimum Gasteiger partial charge on any atom is -0.494 e.